The highest BCUT2D eigenvalue weighted by Gasteiger charge is 2.66. The highest BCUT2D eigenvalue weighted by molar-refractivity contribution is 5.67. The summed E-state index contributed by atoms with van der Waals surface area (Å²) in [5, 5.41) is 12.2. The topological polar surface area (TPSA) is 72.8 Å². The summed E-state index contributed by atoms with van der Waals surface area (Å²) in [5.41, 5.74) is 1.03. The highest BCUT2D eigenvalue weighted by atomic mass is 16.6. The lowest BCUT2D eigenvalue weighted by atomic mass is 9.55. The van der Waals surface area contributed by atoms with E-state index in [9.17, 15) is 14.7 Å². The van der Waals surface area contributed by atoms with Gasteiger partial charge in [0.1, 0.15) is 12.2 Å². The summed E-state index contributed by atoms with van der Waals surface area (Å²) < 4.78 is 11.6. The van der Waals surface area contributed by atoms with Crippen molar-refractivity contribution >= 4 is 11.9 Å². The number of rotatable bonds is 3. The average molecular weight is 405 g/mol. The van der Waals surface area contributed by atoms with Gasteiger partial charge in [0.05, 0.1) is 11.0 Å². The van der Waals surface area contributed by atoms with Crippen LogP contribution >= 0.6 is 0 Å². The molecule has 5 unspecified atom stereocenters. The van der Waals surface area contributed by atoms with Crippen LogP contribution in [0.1, 0.15) is 80.1 Å². The molecule has 0 radical (unpaired) electrons. The van der Waals surface area contributed by atoms with Crippen molar-refractivity contribution in [2.24, 2.45) is 16.7 Å². The van der Waals surface area contributed by atoms with Crippen LogP contribution in [0.4, 0.5) is 0 Å². The number of esters is 2. The van der Waals surface area contributed by atoms with Crippen molar-refractivity contribution in [1.82, 2.24) is 0 Å². The van der Waals surface area contributed by atoms with Crippen molar-refractivity contribution in [3.8, 4) is 0 Å². The number of aliphatic hydroxyl groups is 1. The van der Waals surface area contributed by atoms with E-state index in [-0.39, 0.29) is 17.4 Å². The maximum atomic E-state index is 12.2. The zero-order valence-corrected chi connectivity index (χ0v) is 18.8. The number of carbonyl (C=O) groups excluding carboxylic acids is 2. The molecule has 0 aliphatic heterocycles. The van der Waals surface area contributed by atoms with Crippen LogP contribution in [0.25, 0.3) is 0 Å². The molecule has 3 aliphatic carbocycles. The summed E-state index contributed by atoms with van der Waals surface area (Å²) in [7, 11) is 0. The van der Waals surface area contributed by atoms with Gasteiger partial charge in [-0.3, -0.25) is 9.59 Å². The van der Waals surface area contributed by atoms with E-state index >= 15 is 0 Å². The fourth-order valence-electron chi connectivity index (χ4n) is 6.27. The molecule has 1 N–H and O–H groups in total. The molecule has 0 aromatic carbocycles. The Hall–Kier alpha value is -1.62. The molecule has 0 amide bonds. The van der Waals surface area contributed by atoms with Crippen LogP contribution in [0.5, 0.6) is 0 Å². The van der Waals surface area contributed by atoms with E-state index in [1.54, 1.807) is 0 Å². The van der Waals surface area contributed by atoms with Crippen molar-refractivity contribution in [3.63, 3.8) is 0 Å². The van der Waals surface area contributed by atoms with Crippen LogP contribution < -0.4 is 0 Å². The second kappa shape index (κ2) is 7.26. The molecule has 5 atom stereocenters. The van der Waals surface area contributed by atoms with Crippen molar-refractivity contribution in [3.05, 3.63) is 23.3 Å². The van der Waals surface area contributed by atoms with Crippen LogP contribution in [0.3, 0.4) is 0 Å². The third-order valence-electron chi connectivity index (χ3n) is 7.93. The van der Waals surface area contributed by atoms with E-state index in [2.05, 4.69) is 27.4 Å². The van der Waals surface area contributed by atoms with Crippen molar-refractivity contribution in [1.29, 1.82) is 0 Å². The molecule has 3 rings (SSSR count). The maximum absolute atomic E-state index is 12.2. The monoisotopic (exact) mass is 404 g/mol. The Morgan fingerprint density at radius 3 is 2.24 bits per heavy atom. The largest absolute Gasteiger partial charge is 0.462 e. The van der Waals surface area contributed by atoms with Crippen molar-refractivity contribution in [2.45, 2.75) is 97.9 Å². The summed E-state index contributed by atoms with van der Waals surface area (Å²) in [6, 6.07) is 0. The van der Waals surface area contributed by atoms with Crippen LogP contribution in [0, 0.1) is 16.7 Å². The molecule has 2 fully saturated rings. The summed E-state index contributed by atoms with van der Waals surface area (Å²) in [6.07, 6.45) is 3.07. The first kappa shape index (κ1) is 22.1. The molecular formula is C24H36O5. The Labute approximate surface area is 174 Å². The Morgan fingerprint density at radius 2 is 1.69 bits per heavy atom. The molecule has 5 nitrogen and oxygen atoms in total. The second-order valence-electron chi connectivity index (χ2n) is 10.1. The Balaban J connectivity index is 2.22. The molecule has 3 aliphatic rings. The molecule has 162 valence electrons. The van der Waals surface area contributed by atoms with Gasteiger partial charge in [0.2, 0.25) is 0 Å². The minimum Gasteiger partial charge on any atom is -0.462 e. The van der Waals surface area contributed by atoms with Gasteiger partial charge in [-0.05, 0) is 55.9 Å². The SMILES string of the molecule is C=C1CCC(OC(C)=O)C2(C)C(OC(C)=O)CC3=C(C(C)C)CCC3(C)CC12O. The molecule has 0 heterocycles. The van der Waals surface area contributed by atoms with E-state index in [0.717, 1.165) is 18.4 Å². The molecule has 0 saturated heterocycles. The normalized spacial score (nSPS) is 39.7. The van der Waals surface area contributed by atoms with Gasteiger partial charge >= 0.3 is 11.9 Å². The fraction of sp³-hybridized carbons (Fsp3) is 0.750. The quantitative estimate of drug-likeness (QED) is 0.554. The van der Waals surface area contributed by atoms with Crippen LogP contribution in [-0.4, -0.2) is 34.9 Å². The van der Waals surface area contributed by atoms with Gasteiger partial charge in [-0.1, -0.05) is 38.5 Å². The van der Waals surface area contributed by atoms with Gasteiger partial charge in [-0.25, -0.2) is 0 Å². The molecule has 29 heavy (non-hydrogen) atoms. The van der Waals surface area contributed by atoms with Crippen molar-refractivity contribution < 1.29 is 24.2 Å². The summed E-state index contributed by atoms with van der Waals surface area (Å²) in [4.78, 5) is 24.0. The molecule has 0 aromatic rings. The maximum Gasteiger partial charge on any atom is 0.302 e. The second-order valence-corrected chi connectivity index (χ2v) is 10.1. The summed E-state index contributed by atoms with van der Waals surface area (Å²) in [6.45, 7) is 15.6. The van der Waals surface area contributed by atoms with E-state index in [0.29, 0.717) is 31.6 Å². The first-order valence-electron chi connectivity index (χ1n) is 10.8. The zero-order chi connectivity index (χ0) is 21.8. The smallest absolute Gasteiger partial charge is 0.302 e. The molecule has 0 bridgehead atoms. The van der Waals surface area contributed by atoms with E-state index in [4.69, 9.17) is 9.47 Å². The number of hydrogen-bond donors (Lipinski definition) is 1. The zero-order valence-electron chi connectivity index (χ0n) is 18.8. The predicted molar refractivity (Wildman–Crippen MR) is 111 cm³/mol. The minimum absolute atomic E-state index is 0.189. The third-order valence-corrected chi connectivity index (χ3v) is 7.93. The fourth-order valence-corrected chi connectivity index (χ4v) is 6.27. The first-order chi connectivity index (χ1) is 13.3. The number of fused-ring (bicyclic) bond motifs is 2. The molecule has 5 heteroatoms. The van der Waals surface area contributed by atoms with E-state index in [1.807, 2.05) is 6.92 Å². The van der Waals surface area contributed by atoms with Gasteiger partial charge in [-0.2, -0.15) is 0 Å². The number of ether oxygens (including phenoxy) is 2. The number of hydrogen-bond acceptors (Lipinski definition) is 5. The van der Waals surface area contributed by atoms with E-state index < -0.39 is 23.2 Å². The Morgan fingerprint density at radius 1 is 1.10 bits per heavy atom. The summed E-state index contributed by atoms with van der Waals surface area (Å²) >= 11 is 0. The lowest BCUT2D eigenvalue weighted by molar-refractivity contribution is -0.213. The molecule has 0 aromatic heterocycles. The van der Waals surface area contributed by atoms with E-state index in [1.165, 1.54) is 25.0 Å². The third kappa shape index (κ3) is 3.35. The molecular weight excluding hydrogens is 368 g/mol. The predicted octanol–water partition coefficient (Wildman–Crippen LogP) is 4.48. The van der Waals surface area contributed by atoms with Crippen LogP contribution in [-0.2, 0) is 19.1 Å². The van der Waals surface area contributed by atoms with Gasteiger partial charge in [-0.15, -0.1) is 0 Å². The first-order valence-corrected chi connectivity index (χ1v) is 10.8. The Kier molecular flexibility index (Phi) is 5.53. The van der Waals surface area contributed by atoms with Crippen molar-refractivity contribution in [2.75, 3.05) is 0 Å². The minimum atomic E-state index is -1.28. The molecule has 2 saturated carbocycles. The van der Waals surface area contributed by atoms with Gasteiger partial charge in [0.25, 0.3) is 0 Å². The van der Waals surface area contributed by atoms with Gasteiger partial charge in [0.15, 0.2) is 0 Å². The lowest BCUT2D eigenvalue weighted by Crippen LogP contribution is -2.64. The average Bonchev–Trinajstić information content (AvgIpc) is 2.87. The lowest BCUT2D eigenvalue weighted by Gasteiger charge is -2.55. The van der Waals surface area contributed by atoms with Crippen LogP contribution in [0.2, 0.25) is 0 Å². The Bertz CT molecular complexity index is 765. The van der Waals surface area contributed by atoms with Crippen LogP contribution in [0.15, 0.2) is 23.3 Å². The van der Waals surface area contributed by atoms with Gasteiger partial charge in [0, 0.05) is 20.3 Å². The summed E-state index contributed by atoms with van der Waals surface area (Å²) in [5.74, 6) is -0.366. The molecule has 0 spiro atoms. The standard InChI is InChI=1S/C24H36O5/c1-14(2)18-10-11-22(6)13-24(27)15(3)8-9-20(28-16(4)25)23(24,7)21(12-19(18)22)29-17(5)26/h14,20-21,27H,3,8-13H2,1-2,4-7H3. The number of allylic oxidation sites excluding steroid dienone is 1. The highest BCUT2D eigenvalue weighted by Crippen LogP contribution is 2.63. The van der Waals surface area contributed by atoms with Gasteiger partial charge < -0.3 is 14.6 Å². The number of carbonyl (C=O) groups is 2.